The molecular weight excluding hydrogens is 342 g/mol. The normalized spacial score (nSPS) is 11.3. The van der Waals surface area contributed by atoms with Gasteiger partial charge < -0.3 is 4.74 Å². The van der Waals surface area contributed by atoms with Crippen molar-refractivity contribution in [2.24, 2.45) is 5.14 Å². The van der Waals surface area contributed by atoms with Crippen molar-refractivity contribution in [1.29, 1.82) is 0 Å². The first-order chi connectivity index (χ1) is 9.40. The van der Waals surface area contributed by atoms with Gasteiger partial charge in [0.05, 0.1) is 9.37 Å². The van der Waals surface area contributed by atoms with Crippen molar-refractivity contribution in [2.75, 3.05) is 0 Å². The van der Waals surface area contributed by atoms with Gasteiger partial charge in [-0.3, -0.25) is 0 Å². The van der Waals surface area contributed by atoms with Crippen LogP contribution in [-0.2, 0) is 16.4 Å². The van der Waals surface area contributed by atoms with Crippen LogP contribution in [0.1, 0.15) is 12.5 Å². The number of sulfonamides is 1. The highest BCUT2D eigenvalue weighted by Crippen LogP contribution is 2.31. The van der Waals surface area contributed by atoms with E-state index in [1.54, 1.807) is 6.07 Å². The van der Waals surface area contributed by atoms with Gasteiger partial charge in [-0.25, -0.2) is 13.6 Å². The summed E-state index contributed by atoms with van der Waals surface area (Å²) in [7, 11) is -3.71. The van der Waals surface area contributed by atoms with E-state index in [1.165, 1.54) is 17.7 Å². The van der Waals surface area contributed by atoms with E-state index in [-0.39, 0.29) is 4.90 Å². The number of ether oxygens (including phenoxy) is 1. The zero-order chi connectivity index (χ0) is 14.8. The van der Waals surface area contributed by atoms with Gasteiger partial charge in [0.1, 0.15) is 11.5 Å². The van der Waals surface area contributed by atoms with Crippen LogP contribution in [0.4, 0.5) is 0 Å². The van der Waals surface area contributed by atoms with Crippen LogP contribution in [0.5, 0.6) is 11.5 Å². The van der Waals surface area contributed by atoms with Crippen molar-refractivity contribution in [1.82, 2.24) is 0 Å². The summed E-state index contributed by atoms with van der Waals surface area (Å²) in [6, 6.07) is 12.1. The number of halogens is 1. The minimum absolute atomic E-state index is 0.0408. The second kappa shape index (κ2) is 5.95. The summed E-state index contributed by atoms with van der Waals surface area (Å²) >= 11 is 3.29. The Bertz CT molecular complexity index is 729. The van der Waals surface area contributed by atoms with Crippen LogP contribution >= 0.6 is 15.9 Å². The molecule has 0 saturated carbocycles. The molecule has 2 N–H and O–H groups in total. The Morgan fingerprint density at radius 3 is 2.55 bits per heavy atom. The fraction of sp³-hybridized carbons (Fsp3) is 0.143. The fourth-order valence-corrected chi connectivity index (χ4v) is 2.85. The third kappa shape index (κ3) is 3.59. The molecule has 0 spiro atoms. The summed E-state index contributed by atoms with van der Waals surface area (Å²) in [6.07, 6.45) is 0.919. The highest BCUT2D eigenvalue weighted by atomic mass is 79.9. The van der Waals surface area contributed by atoms with Gasteiger partial charge in [-0.05, 0) is 58.2 Å². The van der Waals surface area contributed by atoms with E-state index in [0.29, 0.717) is 16.0 Å². The molecule has 106 valence electrons. The Labute approximate surface area is 126 Å². The first-order valence-corrected chi connectivity index (χ1v) is 8.33. The topological polar surface area (TPSA) is 69.4 Å². The minimum Gasteiger partial charge on any atom is -0.456 e. The highest BCUT2D eigenvalue weighted by molar-refractivity contribution is 9.10. The van der Waals surface area contributed by atoms with Gasteiger partial charge in [0.25, 0.3) is 0 Å². The van der Waals surface area contributed by atoms with Gasteiger partial charge >= 0.3 is 0 Å². The molecule has 2 aromatic carbocycles. The Balaban J connectivity index is 2.30. The molecule has 0 fully saturated rings. The van der Waals surface area contributed by atoms with Crippen LogP contribution < -0.4 is 9.88 Å². The molecule has 0 saturated heterocycles. The zero-order valence-electron chi connectivity index (χ0n) is 10.8. The molecule has 0 amide bonds. The van der Waals surface area contributed by atoms with Gasteiger partial charge in [0.15, 0.2) is 0 Å². The average Bonchev–Trinajstić information content (AvgIpc) is 2.40. The number of rotatable bonds is 4. The van der Waals surface area contributed by atoms with Crippen LogP contribution in [0.3, 0.4) is 0 Å². The van der Waals surface area contributed by atoms with E-state index in [0.717, 1.165) is 6.42 Å². The Kier molecular flexibility index (Phi) is 4.47. The lowest BCUT2D eigenvalue weighted by atomic mass is 10.2. The number of nitrogens with two attached hydrogens (primary N) is 1. The molecule has 2 rings (SSSR count). The molecule has 4 nitrogen and oxygen atoms in total. The Morgan fingerprint density at radius 2 is 1.95 bits per heavy atom. The lowest BCUT2D eigenvalue weighted by Gasteiger charge is -2.09. The summed E-state index contributed by atoms with van der Waals surface area (Å²) in [5.41, 5.74) is 1.17. The summed E-state index contributed by atoms with van der Waals surface area (Å²) in [4.78, 5) is 0.0408. The molecule has 20 heavy (non-hydrogen) atoms. The van der Waals surface area contributed by atoms with Crippen LogP contribution in [-0.4, -0.2) is 8.42 Å². The van der Waals surface area contributed by atoms with Crippen LogP contribution in [0.15, 0.2) is 51.8 Å². The zero-order valence-corrected chi connectivity index (χ0v) is 13.2. The summed E-state index contributed by atoms with van der Waals surface area (Å²) in [6.45, 7) is 2.07. The maximum absolute atomic E-state index is 11.3. The van der Waals surface area contributed by atoms with Crippen molar-refractivity contribution in [2.45, 2.75) is 18.2 Å². The number of primary sulfonamides is 1. The molecule has 2 aromatic rings. The molecule has 0 aromatic heterocycles. The van der Waals surface area contributed by atoms with Crippen molar-refractivity contribution in [3.05, 3.63) is 52.5 Å². The van der Waals surface area contributed by atoms with Crippen LogP contribution in [0, 0.1) is 0 Å². The number of hydrogen-bond acceptors (Lipinski definition) is 3. The van der Waals surface area contributed by atoms with E-state index in [2.05, 4.69) is 22.9 Å². The number of hydrogen-bond donors (Lipinski definition) is 1. The molecule has 0 unspecified atom stereocenters. The third-order valence-electron chi connectivity index (χ3n) is 2.77. The van der Waals surface area contributed by atoms with Gasteiger partial charge in [-0.2, -0.15) is 0 Å². The molecule has 0 aliphatic rings. The maximum Gasteiger partial charge on any atom is 0.238 e. The van der Waals surface area contributed by atoms with Crippen molar-refractivity contribution < 1.29 is 13.2 Å². The van der Waals surface area contributed by atoms with Crippen molar-refractivity contribution in [3.63, 3.8) is 0 Å². The largest absolute Gasteiger partial charge is 0.456 e. The molecule has 0 bridgehead atoms. The predicted octanol–water partition coefficient (Wildman–Crippen LogP) is 3.45. The lowest BCUT2D eigenvalue weighted by molar-refractivity contribution is 0.478. The Hall–Kier alpha value is -1.37. The molecule has 0 aliphatic carbocycles. The first kappa shape index (κ1) is 15.0. The average molecular weight is 356 g/mol. The van der Waals surface area contributed by atoms with E-state index in [9.17, 15) is 8.42 Å². The van der Waals surface area contributed by atoms with Crippen LogP contribution in [0.2, 0.25) is 0 Å². The predicted molar refractivity (Wildman–Crippen MR) is 81.4 cm³/mol. The lowest BCUT2D eigenvalue weighted by Crippen LogP contribution is -2.11. The summed E-state index contributed by atoms with van der Waals surface area (Å²) in [5.74, 6) is 1.24. The first-order valence-electron chi connectivity index (χ1n) is 5.99. The monoisotopic (exact) mass is 355 g/mol. The van der Waals surface area contributed by atoms with E-state index >= 15 is 0 Å². The number of benzene rings is 2. The molecule has 0 heterocycles. The van der Waals surface area contributed by atoms with Gasteiger partial charge in [0.2, 0.25) is 10.0 Å². The van der Waals surface area contributed by atoms with Crippen LogP contribution in [0.25, 0.3) is 0 Å². The maximum atomic E-state index is 11.3. The van der Waals surface area contributed by atoms with Gasteiger partial charge in [0, 0.05) is 0 Å². The molecule has 6 heteroatoms. The second-order valence-corrected chi connectivity index (χ2v) is 6.66. The van der Waals surface area contributed by atoms with Gasteiger partial charge in [-0.15, -0.1) is 0 Å². The van der Waals surface area contributed by atoms with E-state index < -0.39 is 10.0 Å². The van der Waals surface area contributed by atoms with Crippen molar-refractivity contribution >= 4 is 26.0 Å². The molecule has 0 radical (unpaired) electrons. The molecule has 0 atom stereocenters. The number of aryl methyl sites for hydroxylation is 1. The highest BCUT2D eigenvalue weighted by Gasteiger charge is 2.11. The molecule has 0 aliphatic heterocycles. The second-order valence-electron chi connectivity index (χ2n) is 4.24. The molecular formula is C14H14BrNO3S. The third-order valence-corrected chi connectivity index (χ3v) is 4.30. The SMILES string of the molecule is CCc1cccc(Oc2ccc(S(N)(=O)=O)cc2Br)c1. The van der Waals surface area contributed by atoms with E-state index in [4.69, 9.17) is 9.88 Å². The quantitative estimate of drug-likeness (QED) is 0.912. The van der Waals surface area contributed by atoms with Gasteiger partial charge in [-0.1, -0.05) is 19.1 Å². The summed E-state index contributed by atoms with van der Waals surface area (Å²) < 4.78 is 28.8. The smallest absolute Gasteiger partial charge is 0.238 e. The van der Waals surface area contributed by atoms with Crippen molar-refractivity contribution in [3.8, 4) is 11.5 Å². The standard InChI is InChI=1S/C14H14BrNO3S/c1-2-10-4-3-5-11(8-10)19-14-7-6-12(9-13(14)15)20(16,17)18/h3-9H,2H2,1H3,(H2,16,17,18). The Morgan fingerprint density at radius 1 is 1.20 bits per heavy atom. The fourth-order valence-electron chi connectivity index (χ4n) is 1.70. The van der Waals surface area contributed by atoms with E-state index in [1.807, 2.05) is 24.3 Å². The summed E-state index contributed by atoms with van der Waals surface area (Å²) in [5, 5.41) is 5.08. The minimum atomic E-state index is -3.71.